The third kappa shape index (κ3) is 4.30. The molecule has 0 spiro atoms. The number of carbonyl (C=O) groups is 1. The number of benzene rings is 2. The zero-order valence-electron chi connectivity index (χ0n) is 13.9. The molecule has 0 amide bonds. The van der Waals surface area contributed by atoms with Crippen molar-refractivity contribution in [3.8, 4) is 0 Å². The number of hydrogen-bond acceptors (Lipinski definition) is 6. The number of nitrogens with zero attached hydrogens (tertiary/aromatic N) is 1. The molecule has 0 saturated carbocycles. The molecular weight excluding hydrogens is 384 g/mol. The highest BCUT2D eigenvalue weighted by Crippen LogP contribution is 2.35. The topological polar surface area (TPSA) is 116 Å². The summed E-state index contributed by atoms with van der Waals surface area (Å²) in [5, 5.41) is 11.0. The number of esters is 1. The van der Waals surface area contributed by atoms with Gasteiger partial charge in [-0.1, -0.05) is 29.3 Å². The first-order valence-corrected chi connectivity index (χ1v) is 9.26. The van der Waals surface area contributed by atoms with Gasteiger partial charge in [-0.15, -0.1) is 0 Å². The minimum absolute atomic E-state index is 0.0755. The van der Waals surface area contributed by atoms with E-state index in [1.807, 2.05) is 0 Å². The van der Waals surface area contributed by atoms with E-state index in [-0.39, 0.29) is 22.1 Å². The monoisotopic (exact) mass is 398 g/mol. The van der Waals surface area contributed by atoms with Gasteiger partial charge in [0.1, 0.15) is 5.69 Å². The lowest BCUT2D eigenvalue weighted by atomic mass is 10.2. The van der Waals surface area contributed by atoms with Gasteiger partial charge in [-0.2, -0.15) is 0 Å². The summed E-state index contributed by atoms with van der Waals surface area (Å²) in [5.41, 5.74) is -0.380. The number of hydrogen-bond donors (Lipinski definition) is 1. The molecule has 138 valence electrons. The van der Waals surface area contributed by atoms with Gasteiger partial charge in [0.2, 0.25) is 0 Å². The number of ether oxygens (including phenoxy) is 1. The Morgan fingerprint density at radius 1 is 1.27 bits per heavy atom. The molecular formula is C16H15ClN2O6S. The lowest BCUT2D eigenvalue weighted by Gasteiger charge is -2.11. The number of rotatable bonds is 6. The van der Waals surface area contributed by atoms with Crippen LogP contribution in [0.1, 0.15) is 22.8 Å². The number of carbonyl (C=O) groups excluding carboxylic acids is 1. The highest BCUT2D eigenvalue weighted by Gasteiger charge is 2.26. The molecule has 0 aliphatic carbocycles. The van der Waals surface area contributed by atoms with Crippen LogP contribution in [0.4, 0.5) is 11.4 Å². The summed E-state index contributed by atoms with van der Waals surface area (Å²) in [6.07, 6.45) is 0. The number of anilines is 1. The number of nitro groups is 1. The van der Waals surface area contributed by atoms with Crippen LogP contribution in [0.15, 0.2) is 41.3 Å². The molecule has 0 aliphatic rings. The van der Waals surface area contributed by atoms with Gasteiger partial charge in [0.15, 0.2) is 0 Å². The number of halogens is 1. The Labute approximate surface area is 154 Å². The summed E-state index contributed by atoms with van der Waals surface area (Å²) in [4.78, 5) is 22.2. The quantitative estimate of drug-likeness (QED) is 0.452. The summed E-state index contributed by atoms with van der Waals surface area (Å²) in [6.45, 7) is 3.45. The average molecular weight is 399 g/mol. The van der Waals surface area contributed by atoms with Crippen LogP contribution in [-0.4, -0.2) is 25.9 Å². The van der Waals surface area contributed by atoms with Gasteiger partial charge in [0.25, 0.3) is 15.7 Å². The van der Waals surface area contributed by atoms with Crippen LogP contribution in [0, 0.1) is 17.0 Å². The first kappa shape index (κ1) is 19.7. The Morgan fingerprint density at radius 3 is 2.42 bits per heavy atom. The normalized spacial score (nSPS) is 11.0. The molecule has 2 rings (SSSR count). The molecule has 10 heteroatoms. The van der Waals surface area contributed by atoms with Crippen molar-refractivity contribution in [3.05, 3.63) is 62.7 Å². The molecule has 0 heterocycles. The number of nitro benzene ring substituents is 1. The molecule has 0 radical (unpaired) electrons. The number of sulfonamides is 1. The van der Waals surface area contributed by atoms with E-state index in [2.05, 4.69) is 4.72 Å². The van der Waals surface area contributed by atoms with Crippen LogP contribution in [0.2, 0.25) is 5.02 Å². The van der Waals surface area contributed by atoms with Gasteiger partial charge >= 0.3 is 5.97 Å². The molecule has 0 aliphatic heterocycles. The van der Waals surface area contributed by atoms with E-state index in [0.717, 1.165) is 17.7 Å². The standard InChI is InChI=1S/C16H15ClN2O6S/c1-3-25-16(20)11-8-13(17)15(14(9-11)19(21)22)18-26(23,24)12-6-4-10(2)5-7-12/h4-9,18H,3H2,1-2H3. The van der Waals surface area contributed by atoms with E-state index < -0.39 is 32.3 Å². The second-order valence-corrected chi connectivity index (χ2v) is 7.34. The fraction of sp³-hybridized carbons (Fsp3) is 0.188. The van der Waals surface area contributed by atoms with Crippen molar-refractivity contribution in [2.75, 3.05) is 11.3 Å². The second kappa shape index (κ2) is 7.71. The van der Waals surface area contributed by atoms with Crippen molar-refractivity contribution in [1.29, 1.82) is 0 Å². The summed E-state index contributed by atoms with van der Waals surface area (Å²) < 4.78 is 31.9. The summed E-state index contributed by atoms with van der Waals surface area (Å²) in [7, 11) is -4.11. The van der Waals surface area contributed by atoms with Crippen molar-refractivity contribution < 1.29 is 22.9 Å². The minimum atomic E-state index is -4.11. The largest absolute Gasteiger partial charge is 0.462 e. The minimum Gasteiger partial charge on any atom is -0.462 e. The van der Waals surface area contributed by atoms with E-state index in [1.165, 1.54) is 12.1 Å². The Kier molecular flexibility index (Phi) is 5.83. The second-order valence-electron chi connectivity index (χ2n) is 5.25. The van der Waals surface area contributed by atoms with Crippen molar-refractivity contribution in [3.63, 3.8) is 0 Å². The van der Waals surface area contributed by atoms with Crippen molar-refractivity contribution >= 4 is 39.0 Å². The van der Waals surface area contributed by atoms with E-state index in [9.17, 15) is 23.3 Å². The Morgan fingerprint density at radius 2 is 1.88 bits per heavy atom. The highest BCUT2D eigenvalue weighted by molar-refractivity contribution is 7.92. The van der Waals surface area contributed by atoms with E-state index >= 15 is 0 Å². The molecule has 8 nitrogen and oxygen atoms in total. The smallest absolute Gasteiger partial charge is 0.338 e. The molecule has 2 aromatic carbocycles. The predicted octanol–water partition coefficient (Wildman–Crippen LogP) is 3.53. The molecule has 0 bridgehead atoms. The van der Waals surface area contributed by atoms with Crippen molar-refractivity contribution in [1.82, 2.24) is 0 Å². The Balaban J connectivity index is 2.50. The Bertz CT molecular complexity index is 957. The lowest BCUT2D eigenvalue weighted by Crippen LogP contribution is -2.15. The van der Waals surface area contributed by atoms with E-state index in [0.29, 0.717) is 0 Å². The van der Waals surface area contributed by atoms with E-state index in [4.69, 9.17) is 16.3 Å². The van der Waals surface area contributed by atoms with Gasteiger partial charge in [0.05, 0.1) is 27.0 Å². The molecule has 0 fully saturated rings. The van der Waals surface area contributed by atoms with Gasteiger partial charge in [0, 0.05) is 6.07 Å². The van der Waals surface area contributed by atoms with Gasteiger partial charge in [-0.3, -0.25) is 14.8 Å². The van der Waals surface area contributed by atoms with Gasteiger partial charge < -0.3 is 4.74 Å². The first-order valence-electron chi connectivity index (χ1n) is 7.40. The van der Waals surface area contributed by atoms with Gasteiger partial charge in [-0.05, 0) is 32.0 Å². The van der Waals surface area contributed by atoms with Crippen LogP contribution in [0.3, 0.4) is 0 Å². The fourth-order valence-electron chi connectivity index (χ4n) is 2.08. The zero-order valence-corrected chi connectivity index (χ0v) is 15.4. The van der Waals surface area contributed by atoms with Crippen LogP contribution < -0.4 is 4.72 Å². The molecule has 0 atom stereocenters. The molecule has 0 aromatic heterocycles. The number of nitrogens with one attached hydrogen (secondary N) is 1. The molecule has 2 aromatic rings. The maximum Gasteiger partial charge on any atom is 0.338 e. The maximum absolute atomic E-state index is 12.5. The van der Waals surface area contributed by atoms with Gasteiger partial charge in [-0.25, -0.2) is 13.2 Å². The molecule has 0 saturated heterocycles. The number of aryl methyl sites for hydroxylation is 1. The summed E-state index contributed by atoms with van der Waals surface area (Å²) in [6, 6.07) is 7.94. The van der Waals surface area contributed by atoms with Crippen LogP contribution >= 0.6 is 11.6 Å². The summed E-state index contributed by atoms with van der Waals surface area (Å²) in [5.74, 6) is -0.801. The van der Waals surface area contributed by atoms with Crippen molar-refractivity contribution in [2.24, 2.45) is 0 Å². The predicted molar refractivity (Wildman–Crippen MR) is 96.1 cm³/mol. The van der Waals surface area contributed by atoms with Crippen molar-refractivity contribution in [2.45, 2.75) is 18.7 Å². The molecule has 0 unspecified atom stereocenters. The summed E-state index contributed by atoms with van der Waals surface area (Å²) >= 11 is 6.00. The van der Waals surface area contributed by atoms with Crippen LogP contribution in [0.5, 0.6) is 0 Å². The molecule has 1 N–H and O–H groups in total. The highest BCUT2D eigenvalue weighted by atomic mass is 35.5. The SMILES string of the molecule is CCOC(=O)c1cc(Cl)c(NS(=O)(=O)c2ccc(C)cc2)c([N+](=O)[O-])c1. The van der Waals surface area contributed by atoms with Crippen LogP contribution in [-0.2, 0) is 14.8 Å². The Hall–Kier alpha value is -2.65. The molecule has 26 heavy (non-hydrogen) atoms. The fourth-order valence-corrected chi connectivity index (χ4v) is 3.49. The zero-order chi connectivity index (χ0) is 19.5. The lowest BCUT2D eigenvalue weighted by molar-refractivity contribution is -0.383. The maximum atomic E-state index is 12.5. The average Bonchev–Trinajstić information content (AvgIpc) is 2.56. The third-order valence-electron chi connectivity index (χ3n) is 3.34. The third-order valence-corrected chi connectivity index (χ3v) is 5.01. The van der Waals surface area contributed by atoms with E-state index in [1.54, 1.807) is 26.0 Å². The van der Waals surface area contributed by atoms with Crippen LogP contribution in [0.25, 0.3) is 0 Å². The first-order chi connectivity index (χ1) is 12.2.